The predicted octanol–water partition coefficient (Wildman–Crippen LogP) is 19.5. The second-order valence-electron chi connectivity index (χ2n) is 17.0. The van der Waals surface area contributed by atoms with E-state index >= 15 is 0 Å². The van der Waals surface area contributed by atoms with Crippen LogP contribution in [-0.4, -0.2) is 19.9 Å². The molecular weight excluding hydrogens is 984 g/mol. The van der Waals surface area contributed by atoms with Crippen LogP contribution in [0.2, 0.25) is 5.02 Å². The number of alkyl halides is 3. The number of pyridine rings is 4. The molecule has 0 atom stereocenters. The maximum Gasteiger partial charge on any atom is 0.416 e. The van der Waals surface area contributed by atoms with Gasteiger partial charge in [-0.1, -0.05) is 193 Å². The van der Waals surface area contributed by atoms with Crippen LogP contribution in [0.1, 0.15) is 111 Å². The average Bonchev–Trinajstić information content (AvgIpc) is 3.48. The molecule has 0 bridgehead atoms. The first-order valence-corrected chi connectivity index (χ1v) is 26.8. The molecule has 0 aliphatic heterocycles. The molecule has 0 aliphatic carbocycles. The van der Waals surface area contributed by atoms with Crippen molar-refractivity contribution in [2.45, 2.75) is 120 Å². The van der Waals surface area contributed by atoms with E-state index in [0.29, 0.717) is 5.56 Å². The van der Waals surface area contributed by atoms with Crippen molar-refractivity contribution >= 4 is 11.6 Å². The second kappa shape index (κ2) is 43.9. The second-order valence-corrected chi connectivity index (χ2v) is 17.5. The molecule has 0 spiro atoms. The Labute approximate surface area is 464 Å². The Hall–Kier alpha value is -7.29. The van der Waals surface area contributed by atoms with E-state index in [0.717, 1.165) is 61.4 Å². The lowest BCUT2D eigenvalue weighted by molar-refractivity contribution is -0.137. The summed E-state index contributed by atoms with van der Waals surface area (Å²) < 4.78 is 48.1. The van der Waals surface area contributed by atoms with Gasteiger partial charge in [0.15, 0.2) is 0 Å². The van der Waals surface area contributed by atoms with Gasteiger partial charge in [-0.25, -0.2) is 4.39 Å². The summed E-state index contributed by atoms with van der Waals surface area (Å²) in [6.45, 7) is 18.6. The molecule has 9 heteroatoms. The molecule has 0 unspecified atom stereocenters. The lowest BCUT2D eigenvalue weighted by atomic mass is 10.1. The molecule has 77 heavy (non-hydrogen) atoms. The summed E-state index contributed by atoms with van der Waals surface area (Å²) in [6, 6.07) is 58.7. The first-order chi connectivity index (χ1) is 37.2. The normalized spacial score (nSPS) is 9.58. The molecule has 9 rings (SSSR count). The van der Waals surface area contributed by atoms with Gasteiger partial charge in [0.05, 0.1) is 5.56 Å². The van der Waals surface area contributed by atoms with E-state index in [9.17, 15) is 17.6 Å². The van der Waals surface area contributed by atoms with E-state index < -0.39 is 11.7 Å². The standard InChI is InChI=1S/C9H12.C8H9Cl.C8H7F3.C8H9F.C8H10.3C7H9N.C6H7N/c1-2-6-9-7-4-3-5-8-9;1-2-7-3-5-8(9)6-4-7;1-6-3-2-4-7(5-6)8(9,10)11;1-2-7-3-5-8(9)6-4-7;1-2-8-6-4-3-5-7-8;1-2-7-3-5-8-6-4-7;1-2-7-4-3-5-8-6-7;1-2-7-5-3-4-6-8-7;1-6-3-2-4-7-5-6/h3-5,7-8H,2,6H2,1H3;3-6H,2H2,1H3;2-5H,1H3;3-6H,2H2,1H3;3-7H,2H2,1H3;3*3-6H,2H2,1H3;2-5H,1H3. The number of aromatic nitrogens is 4. The number of nitrogens with zero attached hydrogens (tertiary/aromatic N) is 4. The molecule has 0 saturated heterocycles. The third-order valence-corrected chi connectivity index (χ3v) is 11.1. The van der Waals surface area contributed by atoms with Crippen LogP contribution >= 0.6 is 11.6 Å². The van der Waals surface area contributed by atoms with Crippen molar-refractivity contribution < 1.29 is 17.6 Å². The minimum Gasteiger partial charge on any atom is -0.265 e. The van der Waals surface area contributed by atoms with Crippen molar-refractivity contribution in [3.05, 3.63) is 298 Å². The van der Waals surface area contributed by atoms with Gasteiger partial charge in [0.1, 0.15) is 5.82 Å². The molecule has 0 saturated carbocycles. The molecule has 4 aromatic heterocycles. The summed E-state index contributed by atoms with van der Waals surface area (Å²) >= 11 is 5.67. The van der Waals surface area contributed by atoms with Crippen LogP contribution in [0.15, 0.2) is 231 Å². The number of benzene rings is 5. The van der Waals surface area contributed by atoms with Gasteiger partial charge < -0.3 is 0 Å². The fraction of sp³-hybridized carbons (Fsp3) is 0.265. The third-order valence-electron chi connectivity index (χ3n) is 10.8. The van der Waals surface area contributed by atoms with Gasteiger partial charge in [-0.15, -0.1) is 0 Å². The summed E-state index contributed by atoms with van der Waals surface area (Å²) in [7, 11) is 0. The molecule has 4 nitrogen and oxygen atoms in total. The monoisotopic (exact) mass is 1060 g/mol. The molecule has 0 fully saturated rings. The predicted molar refractivity (Wildman–Crippen MR) is 319 cm³/mol. The summed E-state index contributed by atoms with van der Waals surface area (Å²) in [4.78, 5) is 15.8. The zero-order valence-corrected chi connectivity index (χ0v) is 47.5. The van der Waals surface area contributed by atoms with Crippen LogP contribution in [0.5, 0.6) is 0 Å². The van der Waals surface area contributed by atoms with Crippen LogP contribution in [0.25, 0.3) is 0 Å². The molecule has 0 amide bonds. The Balaban J connectivity index is 0.000000434. The summed E-state index contributed by atoms with van der Waals surface area (Å²) in [6.07, 6.45) is 17.4. The average molecular weight is 1070 g/mol. The SMILES string of the molecule is CCCc1ccccc1.CCc1ccc(Cl)cc1.CCc1ccc(F)cc1.CCc1ccccc1.CCc1ccccn1.CCc1cccnc1.CCc1ccncc1.Cc1cccc(C(F)(F)F)c1.Cc1cccnc1. The van der Waals surface area contributed by atoms with Gasteiger partial charge in [0.2, 0.25) is 0 Å². The summed E-state index contributed by atoms with van der Waals surface area (Å²) in [5, 5.41) is 0.812. The lowest BCUT2D eigenvalue weighted by Crippen LogP contribution is -2.04. The first-order valence-electron chi connectivity index (χ1n) is 26.5. The maximum atomic E-state index is 12.2. The summed E-state index contributed by atoms with van der Waals surface area (Å²) in [5.74, 6) is -0.160. The maximum absolute atomic E-state index is 12.2. The summed E-state index contributed by atoms with van der Waals surface area (Å²) in [5.41, 5.74) is 10.4. The Kier molecular flexibility index (Phi) is 38.6. The van der Waals surface area contributed by atoms with E-state index in [4.69, 9.17) is 11.6 Å². The highest BCUT2D eigenvalue weighted by atomic mass is 35.5. The molecule has 0 N–H and O–H groups in total. The smallest absolute Gasteiger partial charge is 0.265 e. The van der Waals surface area contributed by atoms with Crippen molar-refractivity contribution in [1.29, 1.82) is 0 Å². The van der Waals surface area contributed by atoms with E-state index in [2.05, 4.69) is 122 Å². The highest BCUT2D eigenvalue weighted by molar-refractivity contribution is 6.30. The fourth-order valence-corrected chi connectivity index (χ4v) is 6.32. The zero-order chi connectivity index (χ0) is 56.8. The molecule has 0 aliphatic rings. The zero-order valence-electron chi connectivity index (χ0n) is 46.8. The number of halogens is 5. The minimum atomic E-state index is -4.22. The quantitative estimate of drug-likeness (QED) is 0.142. The van der Waals surface area contributed by atoms with Crippen molar-refractivity contribution in [1.82, 2.24) is 19.9 Å². The van der Waals surface area contributed by atoms with Crippen LogP contribution < -0.4 is 0 Å². The number of rotatable bonds is 8. The van der Waals surface area contributed by atoms with E-state index in [1.807, 2.05) is 124 Å². The van der Waals surface area contributed by atoms with Crippen molar-refractivity contribution in [3.63, 3.8) is 0 Å². The van der Waals surface area contributed by atoms with Gasteiger partial charge >= 0.3 is 6.18 Å². The van der Waals surface area contributed by atoms with Crippen molar-refractivity contribution in [3.8, 4) is 0 Å². The number of hydrogen-bond acceptors (Lipinski definition) is 4. The largest absolute Gasteiger partial charge is 0.416 e. The molecule has 4 heterocycles. The fourth-order valence-electron chi connectivity index (χ4n) is 6.19. The van der Waals surface area contributed by atoms with Crippen LogP contribution in [-0.2, 0) is 51.1 Å². The van der Waals surface area contributed by atoms with Crippen molar-refractivity contribution in [2.24, 2.45) is 0 Å². The van der Waals surface area contributed by atoms with E-state index in [1.165, 1.54) is 70.0 Å². The Morgan fingerprint density at radius 2 is 0.857 bits per heavy atom. The Bertz CT molecular complexity index is 2490. The van der Waals surface area contributed by atoms with Crippen LogP contribution in [0.3, 0.4) is 0 Å². The van der Waals surface area contributed by atoms with Gasteiger partial charge in [0.25, 0.3) is 0 Å². The minimum absolute atomic E-state index is 0.160. The Morgan fingerprint density at radius 1 is 0.390 bits per heavy atom. The highest BCUT2D eigenvalue weighted by Gasteiger charge is 2.29. The molecule has 408 valence electrons. The number of aryl methyl sites for hydroxylation is 9. The number of hydrogen-bond donors (Lipinski definition) is 0. The highest BCUT2D eigenvalue weighted by Crippen LogP contribution is 2.29. The third kappa shape index (κ3) is 36.4. The van der Waals surface area contributed by atoms with Crippen LogP contribution in [0.4, 0.5) is 17.6 Å². The molecule has 9 aromatic rings. The van der Waals surface area contributed by atoms with Gasteiger partial charge in [-0.2, -0.15) is 13.2 Å². The van der Waals surface area contributed by atoms with E-state index in [-0.39, 0.29) is 5.82 Å². The van der Waals surface area contributed by atoms with Gasteiger partial charge in [-0.05, 0) is 164 Å². The van der Waals surface area contributed by atoms with Gasteiger partial charge in [-0.3, -0.25) is 19.9 Å². The van der Waals surface area contributed by atoms with E-state index in [1.54, 1.807) is 37.5 Å². The molecule has 0 radical (unpaired) electrons. The van der Waals surface area contributed by atoms with Crippen LogP contribution in [0, 0.1) is 19.7 Å². The molecule has 5 aromatic carbocycles. The van der Waals surface area contributed by atoms with Crippen molar-refractivity contribution in [2.75, 3.05) is 0 Å². The lowest BCUT2D eigenvalue weighted by Gasteiger charge is -2.05. The topological polar surface area (TPSA) is 51.6 Å². The molecular formula is C68H81ClF4N4. The first kappa shape index (κ1) is 67.7. The Morgan fingerprint density at radius 3 is 1.21 bits per heavy atom. The van der Waals surface area contributed by atoms with Gasteiger partial charge in [0, 0.05) is 54.1 Å².